The molecule has 18 heavy (non-hydrogen) atoms. The number of aliphatic carboxylic acids is 1. The molecule has 6 nitrogen and oxygen atoms in total. The number of H-pyrrole nitrogens is 1. The minimum atomic E-state index is -3.67. The number of para-hydroxylation sites is 1. The highest BCUT2D eigenvalue weighted by atomic mass is 32.2. The fourth-order valence-corrected chi connectivity index (χ4v) is 1.44. The van der Waals surface area contributed by atoms with Gasteiger partial charge in [-0.1, -0.05) is 18.2 Å². The first kappa shape index (κ1) is 14.2. The third-order valence-electron chi connectivity index (χ3n) is 2.02. The van der Waals surface area contributed by atoms with Crippen molar-refractivity contribution in [2.45, 2.75) is 6.42 Å². The number of aromatic amines is 1. The lowest BCUT2D eigenvalue weighted by atomic mass is 10.1. The van der Waals surface area contributed by atoms with Gasteiger partial charge < -0.3 is 10.1 Å². The van der Waals surface area contributed by atoms with E-state index >= 15 is 0 Å². The van der Waals surface area contributed by atoms with Crippen LogP contribution in [0.2, 0.25) is 0 Å². The van der Waals surface area contributed by atoms with Gasteiger partial charge in [-0.2, -0.15) is 8.42 Å². The first-order valence-electron chi connectivity index (χ1n) is 4.96. The summed E-state index contributed by atoms with van der Waals surface area (Å²) in [6.07, 6.45) is 2.54. The molecule has 0 saturated carbocycles. The van der Waals surface area contributed by atoms with Crippen LogP contribution in [0.5, 0.6) is 0 Å². The molecule has 0 fully saturated rings. The molecule has 0 aliphatic heterocycles. The summed E-state index contributed by atoms with van der Waals surface area (Å²) in [7, 11) is -3.67. The molecule has 0 radical (unpaired) electrons. The van der Waals surface area contributed by atoms with Gasteiger partial charge in [-0.3, -0.25) is 9.35 Å². The highest BCUT2D eigenvalue weighted by Gasteiger charge is 2.05. The molecule has 7 heteroatoms. The zero-order chi connectivity index (χ0) is 13.8. The Kier molecular flexibility index (Phi) is 4.46. The maximum atomic E-state index is 10.5. The Morgan fingerprint density at radius 1 is 1.33 bits per heavy atom. The zero-order valence-corrected chi connectivity index (χ0v) is 10.4. The predicted molar refractivity (Wildman–Crippen MR) is 67.1 cm³/mol. The molecule has 0 aliphatic rings. The molecule has 2 rings (SSSR count). The summed E-state index contributed by atoms with van der Waals surface area (Å²) in [5, 5.41) is 9.62. The number of hydrogen-bond acceptors (Lipinski definition) is 3. The van der Waals surface area contributed by atoms with Gasteiger partial charge in [0, 0.05) is 17.1 Å². The Balaban J connectivity index is 0.000000280. The molecule has 98 valence electrons. The minimum Gasteiger partial charge on any atom is -0.481 e. The first-order chi connectivity index (χ1) is 8.27. The van der Waals surface area contributed by atoms with Crippen LogP contribution in [0.4, 0.5) is 0 Å². The number of benzene rings is 1. The lowest BCUT2D eigenvalue weighted by Gasteiger charge is -1.92. The third-order valence-corrected chi connectivity index (χ3v) is 2.02. The number of nitrogens with one attached hydrogen (secondary N) is 1. The van der Waals surface area contributed by atoms with Crippen LogP contribution < -0.4 is 0 Å². The van der Waals surface area contributed by atoms with Crippen molar-refractivity contribution in [3.05, 3.63) is 36.0 Å². The minimum absolute atomic E-state index is 0.0734. The molecule has 0 unspecified atom stereocenters. The van der Waals surface area contributed by atoms with Crippen molar-refractivity contribution >= 4 is 27.0 Å². The summed E-state index contributed by atoms with van der Waals surface area (Å²) in [5.41, 5.74) is 1.82. The largest absolute Gasteiger partial charge is 0.481 e. The second-order valence-corrected chi connectivity index (χ2v) is 5.13. The van der Waals surface area contributed by atoms with Crippen LogP contribution in [0.15, 0.2) is 30.5 Å². The topological polar surface area (TPSA) is 107 Å². The van der Waals surface area contributed by atoms with E-state index in [0.717, 1.165) is 16.5 Å². The number of hydrogen-bond donors (Lipinski definition) is 3. The fraction of sp³-hybridized carbons (Fsp3) is 0.182. The van der Waals surface area contributed by atoms with Crippen molar-refractivity contribution in [1.82, 2.24) is 4.98 Å². The van der Waals surface area contributed by atoms with Crippen molar-refractivity contribution in [1.29, 1.82) is 0 Å². The highest BCUT2D eigenvalue weighted by Crippen LogP contribution is 2.17. The Morgan fingerprint density at radius 2 is 1.89 bits per heavy atom. The maximum Gasteiger partial charge on any atom is 0.307 e. The Labute approximate surface area is 104 Å². The van der Waals surface area contributed by atoms with Crippen LogP contribution in [-0.4, -0.2) is 35.3 Å². The standard InChI is InChI=1S/C10H9NO2.CH4O3S/c12-10(13)5-7-6-11-9-4-2-1-3-8(7)9;1-5(2,3)4/h1-4,6,11H,5H2,(H,12,13);1H3,(H,2,3,4). The molecule has 0 atom stereocenters. The smallest absolute Gasteiger partial charge is 0.307 e. The van der Waals surface area contributed by atoms with Crippen molar-refractivity contribution < 1.29 is 22.9 Å². The number of aromatic nitrogens is 1. The molecule has 0 amide bonds. The summed E-state index contributed by atoms with van der Waals surface area (Å²) in [6, 6.07) is 7.68. The van der Waals surface area contributed by atoms with Gasteiger partial charge in [-0.15, -0.1) is 0 Å². The van der Waals surface area contributed by atoms with Gasteiger partial charge >= 0.3 is 5.97 Å². The average molecular weight is 271 g/mol. The van der Waals surface area contributed by atoms with Gasteiger partial charge in [-0.25, -0.2) is 0 Å². The van der Waals surface area contributed by atoms with Crippen molar-refractivity contribution in [3.63, 3.8) is 0 Å². The Hall–Kier alpha value is -1.86. The molecule has 2 aromatic rings. The van der Waals surface area contributed by atoms with Crippen LogP contribution >= 0.6 is 0 Å². The van der Waals surface area contributed by atoms with E-state index < -0.39 is 16.1 Å². The van der Waals surface area contributed by atoms with E-state index in [0.29, 0.717) is 6.26 Å². The summed E-state index contributed by atoms with van der Waals surface area (Å²) in [4.78, 5) is 13.5. The molecule has 0 aliphatic carbocycles. The first-order valence-corrected chi connectivity index (χ1v) is 6.81. The van der Waals surface area contributed by atoms with E-state index in [1.54, 1.807) is 6.20 Å². The lowest BCUT2D eigenvalue weighted by Crippen LogP contribution is -1.98. The van der Waals surface area contributed by atoms with E-state index in [9.17, 15) is 13.2 Å². The van der Waals surface area contributed by atoms with Gasteiger partial charge in [0.2, 0.25) is 0 Å². The lowest BCUT2D eigenvalue weighted by molar-refractivity contribution is -0.136. The van der Waals surface area contributed by atoms with Crippen molar-refractivity contribution in [3.8, 4) is 0 Å². The quantitative estimate of drug-likeness (QED) is 0.713. The van der Waals surface area contributed by atoms with E-state index in [4.69, 9.17) is 9.66 Å². The molecule has 1 aromatic carbocycles. The maximum absolute atomic E-state index is 10.5. The van der Waals surface area contributed by atoms with Crippen LogP contribution in [0.25, 0.3) is 10.9 Å². The van der Waals surface area contributed by atoms with E-state index in [2.05, 4.69) is 4.98 Å². The Bertz CT molecular complexity index is 636. The monoisotopic (exact) mass is 271 g/mol. The second-order valence-electron chi connectivity index (χ2n) is 3.66. The van der Waals surface area contributed by atoms with E-state index in [-0.39, 0.29) is 6.42 Å². The van der Waals surface area contributed by atoms with Crippen LogP contribution in [0.3, 0.4) is 0 Å². The molecule has 0 spiro atoms. The van der Waals surface area contributed by atoms with E-state index in [1.807, 2.05) is 24.3 Å². The molecule has 1 aromatic heterocycles. The second kappa shape index (κ2) is 5.65. The number of carboxylic acids is 1. The highest BCUT2D eigenvalue weighted by molar-refractivity contribution is 7.85. The van der Waals surface area contributed by atoms with E-state index in [1.165, 1.54) is 0 Å². The normalized spacial score (nSPS) is 10.8. The molecular weight excluding hydrogens is 258 g/mol. The molecular formula is C11H13NO5S. The van der Waals surface area contributed by atoms with Gasteiger partial charge in [-0.05, 0) is 11.6 Å². The SMILES string of the molecule is CS(=O)(=O)O.O=C(O)Cc1c[nH]c2ccccc12. The summed E-state index contributed by atoms with van der Waals surface area (Å²) < 4.78 is 25.9. The molecule has 0 saturated heterocycles. The molecule has 1 heterocycles. The van der Waals surface area contributed by atoms with Crippen LogP contribution in [-0.2, 0) is 21.3 Å². The van der Waals surface area contributed by atoms with Crippen molar-refractivity contribution in [2.24, 2.45) is 0 Å². The number of carboxylic acid groups (broad SMARTS) is 1. The summed E-state index contributed by atoms with van der Waals surface area (Å²) in [5.74, 6) is -0.801. The van der Waals surface area contributed by atoms with Crippen LogP contribution in [0, 0.1) is 0 Å². The number of carbonyl (C=O) groups is 1. The zero-order valence-electron chi connectivity index (χ0n) is 9.62. The van der Waals surface area contributed by atoms with Gasteiger partial charge in [0.25, 0.3) is 10.1 Å². The Morgan fingerprint density at radius 3 is 2.44 bits per heavy atom. The van der Waals surface area contributed by atoms with Crippen molar-refractivity contribution in [2.75, 3.05) is 6.26 Å². The molecule has 3 N–H and O–H groups in total. The van der Waals surface area contributed by atoms with Gasteiger partial charge in [0.1, 0.15) is 0 Å². The average Bonchev–Trinajstić information content (AvgIpc) is 2.59. The number of rotatable bonds is 2. The summed E-state index contributed by atoms with van der Waals surface area (Å²) >= 11 is 0. The van der Waals surface area contributed by atoms with Crippen LogP contribution in [0.1, 0.15) is 5.56 Å². The molecule has 0 bridgehead atoms. The third kappa shape index (κ3) is 4.98. The van der Waals surface area contributed by atoms with Gasteiger partial charge in [0.15, 0.2) is 0 Å². The fourth-order valence-electron chi connectivity index (χ4n) is 1.44. The predicted octanol–water partition coefficient (Wildman–Crippen LogP) is 1.30. The number of fused-ring (bicyclic) bond motifs is 1. The summed E-state index contributed by atoms with van der Waals surface area (Å²) in [6.45, 7) is 0. The van der Waals surface area contributed by atoms with Gasteiger partial charge in [0.05, 0.1) is 12.7 Å².